The number of amides is 1. The zero-order chi connectivity index (χ0) is 16.9. The zero-order valence-electron chi connectivity index (χ0n) is 13.7. The number of benzene rings is 2. The van der Waals surface area contributed by atoms with Crippen LogP contribution < -0.4 is 5.32 Å². The van der Waals surface area contributed by atoms with Crippen LogP contribution in [-0.4, -0.2) is 15.9 Å². The third-order valence-electron chi connectivity index (χ3n) is 4.04. The number of carbonyl (C=O) groups excluding carboxylic acids is 1. The van der Waals surface area contributed by atoms with Crippen LogP contribution in [0.15, 0.2) is 67.1 Å². The Morgan fingerprint density at radius 1 is 1.04 bits per heavy atom. The Kier molecular flexibility index (Phi) is 4.66. The third kappa shape index (κ3) is 3.33. The van der Waals surface area contributed by atoms with Crippen molar-refractivity contribution in [2.24, 2.45) is 0 Å². The molecule has 0 aliphatic carbocycles. The van der Waals surface area contributed by atoms with Gasteiger partial charge in [-0.1, -0.05) is 42.5 Å². The second-order valence-electron chi connectivity index (χ2n) is 5.67. The number of hydrogen-bond acceptors (Lipinski definition) is 3. The highest BCUT2D eigenvalue weighted by atomic mass is 16.1. The van der Waals surface area contributed by atoms with Crippen LogP contribution in [0.2, 0.25) is 0 Å². The monoisotopic (exact) mass is 317 g/mol. The van der Waals surface area contributed by atoms with E-state index >= 15 is 0 Å². The molecule has 24 heavy (non-hydrogen) atoms. The smallest absolute Gasteiger partial charge is 0.252 e. The number of carbonyl (C=O) groups is 1. The van der Waals surface area contributed by atoms with Crippen molar-refractivity contribution in [1.29, 1.82) is 0 Å². The Labute approximate surface area is 141 Å². The molecule has 4 heteroatoms. The molecule has 0 fully saturated rings. The molecule has 1 heterocycles. The van der Waals surface area contributed by atoms with E-state index in [1.54, 1.807) is 18.6 Å². The van der Waals surface area contributed by atoms with Crippen molar-refractivity contribution in [2.45, 2.75) is 19.9 Å². The van der Waals surface area contributed by atoms with Crippen molar-refractivity contribution in [3.8, 4) is 11.1 Å². The topological polar surface area (TPSA) is 54.9 Å². The number of nitrogens with zero attached hydrogens (tertiary/aromatic N) is 2. The van der Waals surface area contributed by atoms with Crippen molar-refractivity contribution in [1.82, 2.24) is 15.3 Å². The predicted molar refractivity (Wildman–Crippen MR) is 94.5 cm³/mol. The summed E-state index contributed by atoms with van der Waals surface area (Å²) in [7, 11) is 0. The predicted octanol–water partition coefficient (Wildman–Crippen LogP) is 3.94. The van der Waals surface area contributed by atoms with Gasteiger partial charge in [-0.15, -0.1) is 0 Å². The van der Waals surface area contributed by atoms with Gasteiger partial charge in [0.15, 0.2) is 0 Å². The average molecular weight is 317 g/mol. The average Bonchev–Trinajstić information content (AvgIpc) is 2.63. The van der Waals surface area contributed by atoms with Gasteiger partial charge in [0.05, 0.1) is 17.9 Å². The molecule has 1 unspecified atom stereocenters. The summed E-state index contributed by atoms with van der Waals surface area (Å²) in [5.41, 5.74) is 4.55. The van der Waals surface area contributed by atoms with E-state index in [2.05, 4.69) is 15.3 Å². The highest BCUT2D eigenvalue weighted by Crippen LogP contribution is 2.25. The quantitative estimate of drug-likeness (QED) is 0.793. The molecular formula is C20H19N3O. The maximum atomic E-state index is 12.7. The maximum Gasteiger partial charge on any atom is 0.252 e. The summed E-state index contributed by atoms with van der Waals surface area (Å²) in [5, 5.41) is 2.99. The van der Waals surface area contributed by atoms with Crippen LogP contribution in [0.25, 0.3) is 11.1 Å². The third-order valence-corrected chi connectivity index (χ3v) is 4.04. The van der Waals surface area contributed by atoms with E-state index in [0.717, 1.165) is 22.4 Å². The van der Waals surface area contributed by atoms with Gasteiger partial charge >= 0.3 is 0 Å². The van der Waals surface area contributed by atoms with Crippen LogP contribution in [0.4, 0.5) is 0 Å². The lowest BCUT2D eigenvalue weighted by molar-refractivity contribution is 0.0938. The second-order valence-corrected chi connectivity index (χ2v) is 5.67. The minimum absolute atomic E-state index is 0.108. The minimum Gasteiger partial charge on any atom is -0.344 e. The molecule has 1 aromatic heterocycles. The molecule has 120 valence electrons. The summed E-state index contributed by atoms with van der Waals surface area (Å²) in [6.45, 7) is 3.88. The minimum atomic E-state index is -0.203. The molecule has 3 aromatic rings. The Morgan fingerprint density at radius 3 is 2.54 bits per heavy atom. The molecule has 2 aromatic carbocycles. The molecule has 1 atom stereocenters. The lowest BCUT2D eigenvalue weighted by Crippen LogP contribution is -2.28. The fourth-order valence-corrected chi connectivity index (χ4v) is 2.69. The van der Waals surface area contributed by atoms with Gasteiger partial charge in [-0.3, -0.25) is 14.8 Å². The van der Waals surface area contributed by atoms with E-state index in [1.165, 1.54) is 0 Å². The lowest BCUT2D eigenvalue weighted by Gasteiger charge is -2.15. The first-order valence-corrected chi connectivity index (χ1v) is 7.88. The maximum absolute atomic E-state index is 12.7. The molecule has 0 radical (unpaired) electrons. The van der Waals surface area contributed by atoms with E-state index in [-0.39, 0.29) is 11.9 Å². The zero-order valence-corrected chi connectivity index (χ0v) is 13.7. The fraction of sp³-hybridized carbons (Fsp3) is 0.150. The number of rotatable bonds is 4. The molecule has 3 rings (SSSR count). The Bertz CT molecular complexity index is 832. The van der Waals surface area contributed by atoms with Crippen molar-refractivity contribution in [2.75, 3.05) is 0 Å². The molecule has 0 saturated carbocycles. The second kappa shape index (κ2) is 7.04. The van der Waals surface area contributed by atoms with Crippen molar-refractivity contribution < 1.29 is 4.79 Å². The van der Waals surface area contributed by atoms with E-state index < -0.39 is 0 Å². The highest BCUT2D eigenvalue weighted by Gasteiger charge is 2.16. The van der Waals surface area contributed by atoms with Crippen LogP contribution in [0.3, 0.4) is 0 Å². The summed E-state index contributed by atoms with van der Waals surface area (Å²) in [4.78, 5) is 21.0. The molecule has 0 aliphatic heterocycles. The number of hydrogen-bond donors (Lipinski definition) is 1. The summed E-state index contributed by atoms with van der Waals surface area (Å²) in [6.07, 6.45) is 4.91. The van der Waals surface area contributed by atoms with Crippen LogP contribution >= 0.6 is 0 Å². The standard InChI is InChI=1S/C20H19N3O/c1-14-17(16-7-4-3-5-8-16)9-6-10-18(14)20(24)23-15(2)19-13-21-11-12-22-19/h3-13,15H,1-2H3,(H,23,24). The first kappa shape index (κ1) is 15.9. The van der Waals surface area contributed by atoms with Gasteiger partial charge in [-0.2, -0.15) is 0 Å². The lowest BCUT2D eigenvalue weighted by atomic mass is 9.96. The molecule has 4 nitrogen and oxygen atoms in total. The van der Waals surface area contributed by atoms with Gasteiger partial charge in [0.25, 0.3) is 5.91 Å². The van der Waals surface area contributed by atoms with Crippen molar-refractivity contribution >= 4 is 5.91 Å². The van der Waals surface area contributed by atoms with E-state index in [1.807, 2.05) is 62.4 Å². The normalized spacial score (nSPS) is 11.8. The van der Waals surface area contributed by atoms with Gasteiger partial charge in [0.2, 0.25) is 0 Å². The van der Waals surface area contributed by atoms with Gasteiger partial charge < -0.3 is 5.32 Å². The molecule has 0 bridgehead atoms. The Morgan fingerprint density at radius 2 is 1.83 bits per heavy atom. The fourth-order valence-electron chi connectivity index (χ4n) is 2.69. The Balaban J connectivity index is 1.86. The Hall–Kier alpha value is -3.01. The molecule has 0 spiro atoms. The first-order chi connectivity index (χ1) is 11.7. The van der Waals surface area contributed by atoms with Gasteiger partial charge in [0.1, 0.15) is 0 Å². The van der Waals surface area contributed by atoms with Crippen LogP contribution in [0.1, 0.15) is 34.6 Å². The number of aromatic nitrogens is 2. The summed E-state index contributed by atoms with van der Waals surface area (Å²) >= 11 is 0. The molecule has 0 saturated heterocycles. The van der Waals surface area contributed by atoms with Gasteiger partial charge in [-0.05, 0) is 36.6 Å². The van der Waals surface area contributed by atoms with E-state index in [0.29, 0.717) is 5.56 Å². The molecular weight excluding hydrogens is 298 g/mol. The van der Waals surface area contributed by atoms with Gasteiger partial charge in [0, 0.05) is 18.0 Å². The van der Waals surface area contributed by atoms with Crippen molar-refractivity contribution in [3.05, 3.63) is 83.9 Å². The molecule has 1 amide bonds. The van der Waals surface area contributed by atoms with Crippen LogP contribution in [-0.2, 0) is 0 Å². The highest BCUT2D eigenvalue weighted by molar-refractivity contribution is 5.97. The first-order valence-electron chi connectivity index (χ1n) is 7.88. The van der Waals surface area contributed by atoms with Crippen LogP contribution in [0, 0.1) is 6.92 Å². The summed E-state index contributed by atoms with van der Waals surface area (Å²) in [5.74, 6) is -0.108. The van der Waals surface area contributed by atoms with E-state index in [9.17, 15) is 4.79 Å². The van der Waals surface area contributed by atoms with Crippen LogP contribution in [0.5, 0.6) is 0 Å². The van der Waals surface area contributed by atoms with E-state index in [4.69, 9.17) is 0 Å². The summed E-state index contributed by atoms with van der Waals surface area (Å²) < 4.78 is 0. The molecule has 1 N–H and O–H groups in total. The SMILES string of the molecule is Cc1c(C(=O)NC(C)c2cnccn2)cccc1-c1ccccc1. The number of nitrogens with one attached hydrogen (secondary N) is 1. The summed E-state index contributed by atoms with van der Waals surface area (Å²) in [6, 6.07) is 15.7. The largest absolute Gasteiger partial charge is 0.344 e. The molecule has 0 aliphatic rings. The van der Waals surface area contributed by atoms with Gasteiger partial charge in [-0.25, -0.2) is 0 Å². The van der Waals surface area contributed by atoms with Crippen molar-refractivity contribution in [3.63, 3.8) is 0 Å².